The van der Waals surface area contributed by atoms with Crippen molar-refractivity contribution in [2.75, 3.05) is 19.6 Å². The predicted octanol–water partition coefficient (Wildman–Crippen LogP) is 2.79. The van der Waals surface area contributed by atoms with Gasteiger partial charge in [0.2, 0.25) is 11.8 Å². The predicted molar refractivity (Wildman–Crippen MR) is 150 cm³/mol. The van der Waals surface area contributed by atoms with Crippen LogP contribution in [0.5, 0.6) is 0 Å². The molecule has 3 amide bonds. The number of amides is 3. The number of imidazole rings is 1. The number of nitrogens with zero attached hydrogens (tertiary/aromatic N) is 2. The zero-order chi connectivity index (χ0) is 29.1. The van der Waals surface area contributed by atoms with Crippen molar-refractivity contribution in [3.05, 3.63) is 90.0 Å². The number of hydrogen-bond donors (Lipinski definition) is 4. The standard InChI is InChI=1S/C30H35N5O6/c36-26(32-20-30(13-7-14-30)23-10-5-2-6-11-23)18-35(15-12-27(37)38)28(39)25(16-24-17-31-21-33-24)34-29(40)41-19-22-8-3-1-4-9-22/h1-6,8-11,17,21,25H,7,12-16,18-20H2,(H,31,33)(H,32,36)(H,34,40)(H,37,38). The average Bonchev–Trinajstić information content (AvgIpc) is 3.47. The number of nitrogens with one attached hydrogen (secondary N) is 3. The van der Waals surface area contributed by atoms with Gasteiger partial charge in [0.1, 0.15) is 12.6 Å². The van der Waals surface area contributed by atoms with Gasteiger partial charge >= 0.3 is 12.1 Å². The largest absolute Gasteiger partial charge is 0.481 e. The SMILES string of the molecule is O=C(O)CCN(CC(=O)NCC1(c2ccccc2)CCC1)C(=O)C(Cc1cnc[nH]1)NC(=O)OCc1ccccc1. The van der Waals surface area contributed by atoms with Crippen LogP contribution >= 0.6 is 0 Å². The lowest BCUT2D eigenvalue weighted by molar-refractivity contribution is -0.141. The van der Waals surface area contributed by atoms with Crippen LogP contribution in [0.4, 0.5) is 4.79 Å². The summed E-state index contributed by atoms with van der Waals surface area (Å²) in [5.41, 5.74) is 2.35. The van der Waals surface area contributed by atoms with Gasteiger partial charge < -0.3 is 30.4 Å². The Kier molecular flexibility index (Phi) is 10.1. The number of H-pyrrole nitrogens is 1. The smallest absolute Gasteiger partial charge is 0.408 e. The maximum absolute atomic E-state index is 13.7. The number of aromatic nitrogens is 2. The number of hydrogen-bond acceptors (Lipinski definition) is 6. The second-order valence-corrected chi connectivity index (χ2v) is 10.2. The van der Waals surface area contributed by atoms with Crippen molar-refractivity contribution in [3.63, 3.8) is 0 Å². The number of carbonyl (C=O) groups excluding carboxylic acids is 3. The van der Waals surface area contributed by atoms with Crippen molar-refractivity contribution < 1.29 is 29.0 Å². The van der Waals surface area contributed by atoms with Gasteiger partial charge in [0, 0.05) is 36.8 Å². The fourth-order valence-electron chi connectivity index (χ4n) is 4.90. The van der Waals surface area contributed by atoms with E-state index in [1.165, 1.54) is 12.5 Å². The van der Waals surface area contributed by atoms with E-state index in [0.29, 0.717) is 12.2 Å². The van der Waals surface area contributed by atoms with Gasteiger partial charge in [0.25, 0.3) is 0 Å². The second-order valence-electron chi connectivity index (χ2n) is 10.2. The van der Waals surface area contributed by atoms with Crippen molar-refractivity contribution in [2.24, 2.45) is 0 Å². The zero-order valence-corrected chi connectivity index (χ0v) is 22.8. The van der Waals surface area contributed by atoms with E-state index in [0.717, 1.165) is 35.3 Å². The van der Waals surface area contributed by atoms with Crippen LogP contribution in [0.1, 0.15) is 42.5 Å². The molecule has 0 aliphatic heterocycles. The number of carbonyl (C=O) groups is 4. The van der Waals surface area contributed by atoms with Crippen molar-refractivity contribution in [3.8, 4) is 0 Å². The highest BCUT2D eigenvalue weighted by atomic mass is 16.5. The van der Waals surface area contributed by atoms with E-state index < -0.39 is 29.9 Å². The summed E-state index contributed by atoms with van der Waals surface area (Å²) in [5.74, 6) is -2.12. The molecule has 11 heteroatoms. The third-order valence-electron chi connectivity index (χ3n) is 7.34. The second kappa shape index (κ2) is 14.1. The summed E-state index contributed by atoms with van der Waals surface area (Å²) in [6.07, 6.45) is 4.79. The van der Waals surface area contributed by atoms with Gasteiger partial charge in [-0.05, 0) is 24.0 Å². The molecule has 0 spiro atoms. The molecule has 0 bridgehead atoms. The van der Waals surface area contributed by atoms with Crippen molar-refractivity contribution in [2.45, 2.75) is 50.2 Å². The molecule has 4 rings (SSSR count). The summed E-state index contributed by atoms with van der Waals surface area (Å²) < 4.78 is 5.30. The Labute approximate surface area is 238 Å². The van der Waals surface area contributed by atoms with Crippen LogP contribution < -0.4 is 10.6 Å². The Hall–Kier alpha value is -4.67. The van der Waals surface area contributed by atoms with Crippen LogP contribution in [0, 0.1) is 0 Å². The fourth-order valence-corrected chi connectivity index (χ4v) is 4.90. The van der Waals surface area contributed by atoms with Crippen LogP contribution in [-0.2, 0) is 37.6 Å². The Balaban J connectivity index is 1.42. The molecule has 1 aliphatic carbocycles. The van der Waals surface area contributed by atoms with Crippen LogP contribution in [0.15, 0.2) is 73.2 Å². The lowest BCUT2D eigenvalue weighted by Gasteiger charge is -2.42. The van der Waals surface area contributed by atoms with Crippen LogP contribution in [-0.4, -0.2) is 69.5 Å². The summed E-state index contributed by atoms with van der Waals surface area (Å²) in [4.78, 5) is 58.8. The van der Waals surface area contributed by atoms with Crippen molar-refractivity contribution >= 4 is 23.9 Å². The fraction of sp³-hybridized carbons (Fsp3) is 0.367. The molecule has 4 N–H and O–H groups in total. The van der Waals surface area contributed by atoms with Gasteiger partial charge in [-0.15, -0.1) is 0 Å². The first kappa shape index (κ1) is 29.3. The third kappa shape index (κ3) is 8.41. The monoisotopic (exact) mass is 561 g/mol. The molecule has 2 aromatic carbocycles. The highest BCUT2D eigenvalue weighted by molar-refractivity contribution is 5.90. The lowest BCUT2D eigenvalue weighted by atomic mass is 9.64. The first-order valence-electron chi connectivity index (χ1n) is 13.6. The molecule has 41 heavy (non-hydrogen) atoms. The lowest BCUT2D eigenvalue weighted by Crippen LogP contribution is -2.53. The maximum atomic E-state index is 13.7. The number of benzene rings is 2. The zero-order valence-electron chi connectivity index (χ0n) is 22.8. The van der Waals surface area contributed by atoms with E-state index in [1.807, 2.05) is 36.4 Å². The Morgan fingerprint density at radius 1 is 1.05 bits per heavy atom. The van der Waals surface area contributed by atoms with Gasteiger partial charge in [-0.1, -0.05) is 67.1 Å². The first-order chi connectivity index (χ1) is 19.8. The number of aromatic amines is 1. The van der Waals surface area contributed by atoms with Crippen molar-refractivity contribution in [1.82, 2.24) is 25.5 Å². The molecule has 1 heterocycles. The molecule has 0 radical (unpaired) electrons. The Morgan fingerprint density at radius 2 is 1.76 bits per heavy atom. The Bertz CT molecular complexity index is 1300. The number of alkyl carbamates (subject to hydrolysis) is 1. The highest BCUT2D eigenvalue weighted by Crippen LogP contribution is 2.43. The summed E-state index contributed by atoms with van der Waals surface area (Å²) in [7, 11) is 0. The number of carboxylic acid groups (broad SMARTS) is 1. The molecule has 1 aromatic heterocycles. The topological polar surface area (TPSA) is 154 Å². The third-order valence-corrected chi connectivity index (χ3v) is 7.34. The summed E-state index contributed by atoms with van der Waals surface area (Å²) >= 11 is 0. The molecule has 1 atom stereocenters. The minimum absolute atomic E-state index is 0.00589. The highest BCUT2D eigenvalue weighted by Gasteiger charge is 2.39. The molecular formula is C30H35N5O6. The molecule has 1 unspecified atom stereocenters. The summed E-state index contributed by atoms with van der Waals surface area (Å²) in [6.45, 7) is -0.132. The molecule has 3 aromatic rings. The minimum atomic E-state index is -1.12. The van der Waals surface area contributed by atoms with Gasteiger partial charge in [0.05, 0.1) is 19.3 Å². The van der Waals surface area contributed by atoms with E-state index >= 15 is 0 Å². The van der Waals surface area contributed by atoms with Gasteiger partial charge in [-0.3, -0.25) is 14.4 Å². The molecule has 0 saturated heterocycles. The van der Waals surface area contributed by atoms with Gasteiger partial charge in [-0.25, -0.2) is 9.78 Å². The van der Waals surface area contributed by atoms with E-state index in [1.54, 1.807) is 12.1 Å². The van der Waals surface area contributed by atoms with Crippen LogP contribution in [0.25, 0.3) is 0 Å². The summed E-state index contributed by atoms with van der Waals surface area (Å²) in [5, 5.41) is 14.8. The molecule has 1 fully saturated rings. The quantitative estimate of drug-likeness (QED) is 0.236. The Morgan fingerprint density at radius 3 is 2.37 bits per heavy atom. The molecule has 1 saturated carbocycles. The van der Waals surface area contributed by atoms with E-state index in [-0.39, 0.29) is 38.0 Å². The first-order valence-corrected chi connectivity index (χ1v) is 13.6. The summed E-state index contributed by atoms with van der Waals surface area (Å²) in [6, 6.07) is 18.0. The number of rotatable bonds is 14. The van der Waals surface area contributed by atoms with Crippen LogP contribution in [0.2, 0.25) is 0 Å². The van der Waals surface area contributed by atoms with Crippen molar-refractivity contribution in [1.29, 1.82) is 0 Å². The van der Waals surface area contributed by atoms with E-state index in [4.69, 9.17) is 4.74 Å². The van der Waals surface area contributed by atoms with Crippen LogP contribution in [0.3, 0.4) is 0 Å². The average molecular weight is 562 g/mol. The number of ether oxygens (including phenoxy) is 1. The maximum Gasteiger partial charge on any atom is 0.408 e. The molecule has 216 valence electrons. The van der Waals surface area contributed by atoms with E-state index in [2.05, 4.69) is 32.7 Å². The normalized spacial score (nSPS) is 14.2. The minimum Gasteiger partial charge on any atom is -0.481 e. The van der Waals surface area contributed by atoms with Gasteiger partial charge in [0.15, 0.2) is 0 Å². The van der Waals surface area contributed by atoms with Gasteiger partial charge in [-0.2, -0.15) is 0 Å². The molecule has 1 aliphatic rings. The van der Waals surface area contributed by atoms with E-state index in [9.17, 15) is 24.3 Å². The molecule has 11 nitrogen and oxygen atoms in total. The number of aliphatic carboxylic acids is 1. The number of carboxylic acids is 1. The molecular weight excluding hydrogens is 526 g/mol.